The molecule has 0 spiro atoms. The Bertz CT molecular complexity index is 1360. The number of nitrogens with zero attached hydrogens (tertiary/aromatic N) is 1. The van der Waals surface area contributed by atoms with Crippen LogP contribution in [0.25, 0.3) is 0 Å². The van der Waals surface area contributed by atoms with E-state index in [1.165, 1.54) is 0 Å². The molecule has 3 aromatic carbocycles. The highest BCUT2D eigenvalue weighted by Crippen LogP contribution is 2.50. The van der Waals surface area contributed by atoms with Gasteiger partial charge in [-0.1, -0.05) is 69.3 Å². The molecule has 5 nitrogen and oxygen atoms in total. The summed E-state index contributed by atoms with van der Waals surface area (Å²) in [4.78, 5) is 30.1. The summed E-state index contributed by atoms with van der Waals surface area (Å²) in [5, 5.41) is 3.58. The molecule has 0 aromatic heterocycles. The highest BCUT2D eigenvalue weighted by molar-refractivity contribution is 6.12. The van der Waals surface area contributed by atoms with Crippen LogP contribution in [0.1, 0.15) is 68.9 Å². The number of carbonyl (C=O) groups excluding carboxylic acids is 2. The summed E-state index contributed by atoms with van der Waals surface area (Å²) in [5.74, 6) is 0.585. The molecule has 1 aliphatic carbocycles. The number of para-hydroxylation sites is 3. The van der Waals surface area contributed by atoms with Gasteiger partial charge in [-0.05, 0) is 55.5 Å². The third-order valence-electron chi connectivity index (χ3n) is 7.26. The van der Waals surface area contributed by atoms with Gasteiger partial charge in [-0.25, -0.2) is 0 Å². The number of hydrogen-bond donors (Lipinski definition) is 1. The third kappa shape index (κ3) is 4.78. The normalized spacial score (nSPS) is 19.3. The minimum Gasteiger partial charge on any atom is -0.490 e. The number of rotatable bonds is 5. The molecule has 1 aliphatic heterocycles. The summed E-state index contributed by atoms with van der Waals surface area (Å²) in [6.07, 6.45) is 1.96. The predicted octanol–water partition coefficient (Wildman–Crippen LogP) is 7.32. The van der Waals surface area contributed by atoms with Crippen molar-refractivity contribution in [2.45, 2.75) is 59.1 Å². The molecular weight excluding hydrogens is 460 g/mol. The second-order valence-electron chi connectivity index (χ2n) is 10.8. The zero-order chi connectivity index (χ0) is 26.2. The lowest BCUT2D eigenvalue weighted by atomic mass is 9.73. The van der Waals surface area contributed by atoms with E-state index in [2.05, 4.69) is 26.1 Å². The zero-order valence-corrected chi connectivity index (χ0v) is 22.0. The minimum atomic E-state index is -0.636. The largest absolute Gasteiger partial charge is 0.490 e. The van der Waals surface area contributed by atoms with E-state index in [9.17, 15) is 9.59 Å². The van der Waals surface area contributed by atoms with E-state index in [1.807, 2.05) is 85.8 Å². The van der Waals surface area contributed by atoms with Gasteiger partial charge in [-0.3, -0.25) is 14.5 Å². The topological polar surface area (TPSA) is 58.6 Å². The Hall–Kier alpha value is -3.86. The van der Waals surface area contributed by atoms with Crippen LogP contribution < -0.4 is 15.0 Å². The number of hydrogen-bond acceptors (Lipinski definition) is 4. The first kappa shape index (κ1) is 24.8. The maximum atomic E-state index is 14.3. The Morgan fingerprint density at radius 1 is 1.00 bits per heavy atom. The maximum Gasteiger partial charge on any atom is 0.259 e. The van der Waals surface area contributed by atoms with E-state index in [1.54, 1.807) is 4.90 Å². The van der Waals surface area contributed by atoms with Crippen molar-refractivity contribution in [2.24, 2.45) is 5.41 Å². The summed E-state index contributed by atoms with van der Waals surface area (Å²) in [6.45, 7) is 8.36. The van der Waals surface area contributed by atoms with Gasteiger partial charge in [-0.2, -0.15) is 0 Å². The number of anilines is 2. The molecule has 0 saturated carbocycles. The fourth-order valence-corrected chi connectivity index (χ4v) is 5.34. The number of carbonyl (C=O) groups is 2. The van der Waals surface area contributed by atoms with Crippen molar-refractivity contribution in [3.05, 3.63) is 101 Å². The standard InChI is InChI=1S/C32H34N2O3/c1-5-21(2)37-28-18-12-9-15-23(28)30-29-25(19-32(3,4)20-27(29)35)33-24-16-10-11-17-26(24)34(30)31(36)22-13-7-6-8-14-22/h6-18,21,30,33H,5,19-20H2,1-4H3/t21-,30-/m1/s1. The molecule has 1 heterocycles. The van der Waals surface area contributed by atoms with Gasteiger partial charge in [0.05, 0.1) is 23.5 Å². The molecule has 37 heavy (non-hydrogen) atoms. The van der Waals surface area contributed by atoms with E-state index < -0.39 is 6.04 Å². The van der Waals surface area contributed by atoms with Gasteiger partial charge >= 0.3 is 0 Å². The summed E-state index contributed by atoms with van der Waals surface area (Å²) >= 11 is 0. The molecule has 0 fully saturated rings. The molecule has 5 rings (SSSR count). The van der Waals surface area contributed by atoms with Crippen LogP contribution in [0.2, 0.25) is 0 Å². The minimum absolute atomic E-state index is 0.00921. The molecule has 1 amide bonds. The Balaban J connectivity index is 1.80. The zero-order valence-electron chi connectivity index (χ0n) is 22.0. The number of amides is 1. The van der Waals surface area contributed by atoms with E-state index in [0.717, 1.165) is 29.1 Å². The summed E-state index contributed by atoms with van der Waals surface area (Å²) in [7, 11) is 0. The van der Waals surface area contributed by atoms with Crippen molar-refractivity contribution in [3.8, 4) is 5.75 Å². The number of nitrogens with one attached hydrogen (secondary N) is 1. The van der Waals surface area contributed by atoms with E-state index in [4.69, 9.17) is 4.74 Å². The Morgan fingerprint density at radius 3 is 2.43 bits per heavy atom. The van der Waals surface area contributed by atoms with Crippen molar-refractivity contribution >= 4 is 23.1 Å². The number of ether oxygens (including phenoxy) is 1. The van der Waals surface area contributed by atoms with Gasteiger partial charge in [0.15, 0.2) is 5.78 Å². The first-order valence-electron chi connectivity index (χ1n) is 13.1. The molecule has 0 unspecified atom stereocenters. The molecule has 5 heteroatoms. The SMILES string of the molecule is CC[C@@H](C)Oc1ccccc1[C@@H]1C2=C(CC(C)(C)CC2=O)Nc2ccccc2N1C(=O)c1ccccc1. The van der Waals surface area contributed by atoms with Crippen LogP contribution in [0.4, 0.5) is 11.4 Å². The fraction of sp³-hybridized carbons (Fsp3) is 0.312. The Kier molecular flexibility index (Phi) is 6.63. The number of benzene rings is 3. The quantitative estimate of drug-likeness (QED) is 0.404. The summed E-state index contributed by atoms with van der Waals surface area (Å²) in [6, 6.07) is 24.3. The molecule has 0 radical (unpaired) electrons. The van der Waals surface area contributed by atoms with Crippen LogP contribution in [0.3, 0.4) is 0 Å². The van der Waals surface area contributed by atoms with Gasteiger partial charge < -0.3 is 10.1 Å². The fourth-order valence-electron chi connectivity index (χ4n) is 5.34. The molecule has 2 aliphatic rings. The van der Waals surface area contributed by atoms with Gasteiger partial charge in [0, 0.05) is 28.8 Å². The van der Waals surface area contributed by atoms with Gasteiger partial charge in [0.25, 0.3) is 5.91 Å². The highest BCUT2D eigenvalue weighted by atomic mass is 16.5. The first-order valence-corrected chi connectivity index (χ1v) is 13.1. The number of allylic oxidation sites excluding steroid dienone is 1. The average Bonchev–Trinajstić information content (AvgIpc) is 3.02. The molecule has 0 bridgehead atoms. The van der Waals surface area contributed by atoms with Crippen LogP contribution in [0, 0.1) is 5.41 Å². The van der Waals surface area contributed by atoms with Crippen molar-refractivity contribution in [1.29, 1.82) is 0 Å². The first-order chi connectivity index (χ1) is 17.8. The monoisotopic (exact) mass is 494 g/mol. The van der Waals surface area contributed by atoms with E-state index >= 15 is 0 Å². The summed E-state index contributed by atoms with van der Waals surface area (Å²) in [5.41, 5.74) is 4.25. The maximum absolute atomic E-state index is 14.3. The third-order valence-corrected chi connectivity index (χ3v) is 7.26. The van der Waals surface area contributed by atoms with Gasteiger partial charge in [0.1, 0.15) is 5.75 Å². The van der Waals surface area contributed by atoms with Crippen molar-refractivity contribution in [1.82, 2.24) is 0 Å². The second kappa shape index (κ2) is 9.89. The lowest BCUT2D eigenvalue weighted by molar-refractivity contribution is -0.118. The number of Topliss-reactive ketones (excluding diaryl/α,β-unsaturated/α-hetero) is 1. The van der Waals surface area contributed by atoms with Gasteiger partial charge in [-0.15, -0.1) is 0 Å². The van der Waals surface area contributed by atoms with Crippen LogP contribution in [-0.2, 0) is 4.79 Å². The molecule has 190 valence electrons. The molecule has 0 saturated heterocycles. The second-order valence-corrected chi connectivity index (χ2v) is 10.8. The van der Waals surface area contributed by atoms with Crippen molar-refractivity contribution < 1.29 is 14.3 Å². The summed E-state index contributed by atoms with van der Waals surface area (Å²) < 4.78 is 6.37. The lowest BCUT2D eigenvalue weighted by Gasteiger charge is -2.37. The lowest BCUT2D eigenvalue weighted by Crippen LogP contribution is -2.39. The average molecular weight is 495 g/mol. The molecular formula is C32H34N2O3. The Labute approximate surface area is 219 Å². The van der Waals surface area contributed by atoms with Crippen LogP contribution in [-0.4, -0.2) is 17.8 Å². The molecule has 2 atom stereocenters. The van der Waals surface area contributed by atoms with Crippen LogP contribution in [0.5, 0.6) is 5.75 Å². The number of fused-ring (bicyclic) bond motifs is 1. The highest BCUT2D eigenvalue weighted by Gasteiger charge is 2.44. The van der Waals surface area contributed by atoms with Crippen molar-refractivity contribution in [3.63, 3.8) is 0 Å². The Morgan fingerprint density at radius 2 is 1.68 bits per heavy atom. The molecule has 1 N–H and O–H groups in total. The number of ketones is 1. The van der Waals surface area contributed by atoms with Gasteiger partial charge in [0.2, 0.25) is 0 Å². The molecule has 3 aromatic rings. The van der Waals surface area contributed by atoms with E-state index in [0.29, 0.717) is 29.7 Å². The van der Waals surface area contributed by atoms with E-state index in [-0.39, 0.29) is 23.2 Å². The van der Waals surface area contributed by atoms with Crippen molar-refractivity contribution in [2.75, 3.05) is 10.2 Å². The predicted molar refractivity (Wildman–Crippen MR) is 148 cm³/mol. The van der Waals surface area contributed by atoms with Crippen LogP contribution in [0.15, 0.2) is 90.1 Å². The smallest absolute Gasteiger partial charge is 0.259 e. The van der Waals surface area contributed by atoms with Crippen LogP contribution >= 0.6 is 0 Å².